The van der Waals surface area contributed by atoms with Crippen molar-refractivity contribution in [1.29, 1.82) is 0 Å². The van der Waals surface area contributed by atoms with Gasteiger partial charge in [-0.2, -0.15) is 0 Å². The maximum absolute atomic E-state index is 11.5. The van der Waals surface area contributed by atoms with Crippen molar-refractivity contribution in [2.75, 3.05) is 6.54 Å². The molecular formula is C11H18N2O2. The second kappa shape index (κ2) is 5.53. The van der Waals surface area contributed by atoms with Crippen LogP contribution in [0.25, 0.3) is 0 Å². The van der Waals surface area contributed by atoms with Crippen molar-refractivity contribution in [3.8, 4) is 0 Å². The zero-order chi connectivity index (χ0) is 11.3. The molecule has 0 saturated carbocycles. The molecule has 4 heteroatoms. The number of carbonyl (C=O) groups excluding carboxylic acids is 1. The first-order valence-electron chi connectivity index (χ1n) is 5.38. The summed E-state index contributed by atoms with van der Waals surface area (Å²) < 4.78 is 4.86. The number of aryl methyl sites for hydroxylation is 1. The van der Waals surface area contributed by atoms with Gasteiger partial charge in [-0.15, -0.1) is 0 Å². The van der Waals surface area contributed by atoms with Crippen LogP contribution in [-0.4, -0.2) is 17.6 Å². The monoisotopic (exact) mass is 210 g/mol. The van der Waals surface area contributed by atoms with Gasteiger partial charge in [0, 0.05) is 12.6 Å². The highest BCUT2D eigenvalue weighted by atomic mass is 16.5. The first kappa shape index (κ1) is 11.8. The van der Waals surface area contributed by atoms with E-state index in [1.165, 1.54) is 0 Å². The molecule has 1 rings (SSSR count). The van der Waals surface area contributed by atoms with Crippen LogP contribution < -0.4 is 5.32 Å². The number of rotatable bonds is 5. The average Bonchev–Trinajstić information content (AvgIpc) is 2.66. The smallest absolute Gasteiger partial charge is 0.289 e. The Balaban J connectivity index is 2.42. The summed E-state index contributed by atoms with van der Waals surface area (Å²) >= 11 is 0. The predicted molar refractivity (Wildman–Crippen MR) is 57.6 cm³/mol. The quantitative estimate of drug-likeness (QED) is 0.810. The lowest BCUT2D eigenvalue weighted by Crippen LogP contribution is -2.28. The highest BCUT2D eigenvalue weighted by Crippen LogP contribution is 2.06. The largest absolute Gasteiger partial charge is 0.351 e. The van der Waals surface area contributed by atoms with E-state index in [1.54, 1.807) is 13.0 Å². The van der Waals surface area contributed by atoms with E-state index in [0.717, 1.165) is 18.5 Å². The zero-order valence-electron chi connectivity index (χ0n) is 9.54. The molecule has 15 heavy (non-hydrogen) atoms. The maximum Gasteiger partial charge on any atom is 0.289 e. The number of hydrogen-bond donors (Lipinski definition) is 1. The van der Waals surface area contributed by atoms with E-state index in [1.807, 2.05) is 0 Å². The van der Waals surface area contributed by atoms with Crippen molar-refractivity contribution >= 4 is 5.91 Å². The topological polar surface area (TPSA) is 55.1 Å². The molecular weight excluding hydrogens is 192 g/mol. The van der Waals surface area contributed by atoms with E-state index in [4.69, 9.17) is 4.52 Å². The lowest BCUT2D eigenvalue weighted by Gasteiger charge is -2.11. The van der Waals surface area contributed by atoms with Gasteiger partial charge in [-0.1, -0.05) is 31.8 Å². The Bertz CT molecular complexity index is 316. The van der Waals surface area contributed by atoms with Gasteiger partial charge in [0.1, 0.15) is 0 Å². The van der Waals surface area contributed by atoms with Crippen molar-refractivity contribution in [3.05, 3.63) is 17.5 Å². The number of amides is 1. The fourth-order valence-electron chi connectivity index (χ4n) is 1.37. The molecule has 84 valence electrons. The van der Waals surface area contributed by atoms with E-state index in [0.29, 0.717) is 18.2 Å². The van der Waals surface area contributed by atoms with Gasteiger partial charge in [0.25, 0.3) is 5.91 Å². The SMILES string of the molecule is CCC(CC)CNC(=O)c1cc(C)no1. The summed E-state index contributed by atoms with van der Waals surface area (Å²) in [4.78, 5) is 11.5. The van der Waals surface area contributed by atoms with Crippen LogP contribution in [-0.2, 0) is 0 Å². The van der Waals surface area contributed by atoms with Gasteiger partial charge in [0.2, 0.25) is 5.76 Å². The first-order chi connectivity index (χ1) is 7.17. The molecule has 0 aliphatic heterocycles. The Kier molecular flexibility index (Phi) is 4.34. The van der Waals surface area contributed by atoms with Crippen LogP contribution in [0.2, 0.25) is 0 Å². The van der Waals surface area contributed by atoms with Gasteiger partial charge < -0.3 is 9.84 Å². The summed E-state index contributed by atoms with van der Waals surface area (Å²) in [5.41, 5.74) is 0.725. The Labute approximate surface area is 90.0 Å². The fourth-order valence-corrected chi connectivity index (χ4v) is 1.37. The average molecular weight is 210 g/mol. The van der Waals surface area contributed by atoms with E-state index in [9.17, 15) is 4.79 Å². The lowest BCUT2D eigenvalue weighted by molar-refractivity contribution is 0.0909. The number of carbonyl (C=O) groups is 1. The molecule has 1 amide bonds. The normalized spacial score (nSPS) is 10.7. The minimum Gasteiger partial charge on any atom is -0.351 e. The number of aromatic nitrogens is 1. The molecule has 4 nitrogen and oxygen atoms in total. The molecule has 1 N–H and O–H groups in total. The highest BCUT2D eigenvalue weighted by Gasteiger charge is 2.12. The summed E-state index contributed by atoms with van der Waals surface area (Å²) in [6, 6.07) is 1.64. The number of hydrogen-bond acceptors (Lipinski definition) is 3. The van der Waals surface area contributed by atoms with Crippen LogP contribution in [0, 0.1) is 12.8 Å². The third-order valence-electron chi connectivity index (χ3n) is 2.56. The Morgan fingerprint density at radius 1 is 1.53 bits per heavy atom. The van der Waals surface area contributed by atoms with Gasteiger partial charge in [-0.3, -0.25) is 4.79 Å². The van der Waals surface area contributed by atoms with Gasteiger partial charge in [-0.05, 0) is 12.8 Å². The first-order valence-corrected chi connectivity index (χ1v) is 5.38. The summed E-state index contributed by atoms with van der Waals surface area (Å²) in [6.07, 6.45) is 2.15. The summed E-state index contributed by atoms with van der Waals surface area (Å²) in [5.74, 6) is 0.652. The summed E-state index contributed by atoms with van der Waals surface area (Å²) in [5, 5.41) is 6.51. The van der Waals surface area contributed by atoms with Crippen LogP contribution in [0.3, 0.4) is 0 Å². The Morgan fingerprint density at radius 2 is 2.20 bits per heavy atom. The maximum atomic E-state index is 11.5. The van der Waals surface area contributed by atoms with Crippen LogP contribution in [0.1, 0.15) is 42.9 Å². The fraction of sp³-hybridized carbons (Fsp3) is 0.636. The number of nitrogens with one attached hydrogen (secondary N) is 1. The molecule has 0 aliphatic carbocycles. The second-order valence-corrected chi connectivity index (χ2v) is 3.73. The zero-order valence-corrected chi connectivity index (χ0v) is 9.54. The van der Waals surface area contributed by atoms with E-state index >= 15 is 0 Å². The minimum atomic E-state index is -0.178. The highest BCUT2D eigenvalue weighted by molar-refractivity contribution is 5.91. The summed E-state index contributed by atoms with van der Waals surface area (Å²) in [6.45, 7) is 6.74. The van der Waals surface area contributed by atoms with E-state index < -0.39 is 0 Å². The number of nitrogens with zero attached hydrogens (tertiary/aromatic N) is 1. The van der Waals surface area contributed by atoms with Gasteiger partial charge in [0.05, 0.1) is 5.69 Å². The molecule has 1 heterocycles. The van der Waals surface area contributed by atoms with Crippen molar-refractivity contribution in [1.82, 2.24) is 10.5 Å². The van der Waals surface area contributed by atoms with Crippen molar-refractivity contribution in [3.63, 3.8) is 0 Å². The Hall–Kier alpha value is -1.32. The van der Waals surface area contributed by atoms with Gasteiger partial charge >= 0.3 is 0 Å². The van der Waals surface area contributed by atoms with Crippen LogP contribution in [0.15, 0.2) is 10.6 Å². The minimum absolute atomic E-state index is 0.178. The molecule has 0 spiro atoms. The van der Waals surface area contributed by atoms with Gasteiger partial charge in [-0.25, -0.2) is 0 Å². The van der Waals surface area contributed by atoms with Crippen LogP contribution in [0.4, 0.5) is 0 Å². The van der Waals surface area contributed by atoms with E-state index in [2.05, 4.69) is 24.3 Å². The molecule has 0 saturated heterocycles. The molecule has 0 fully saturated rings. The molecule has 1 aromatic rings. The standard InChI is InChI=1S/C11H18N2O2/c1-4-9(5-2)7-12-11(14)10-6-8(3)13-15-10/h6,9H,4-5,7H2,1-3H3,(H,12,14). The third-order valence-corrected chi connectivity index (χ3v) is 2.56. The molecule has 0 atom stereocenters. The molecule has 0 radical (unpaired) electrons. The van der Waals surface area contributed by atoms with Crippen LogP contribution >= 0.6 is 0 Å². The van der Waals surface area contributed by atoms with Gasteiger partial charge in [0.15, 0.2) is 0 Å². The third kappa shape index (κ3) is 3.38. The second-order valence-electron chi connectivity index (χ2n) is 3.73. The molecule has 1 aromatic heterocycles. The molecule has 0 aromatic carbocycles. The van der Waals surface area contributed by atoms with Crippen LogP contribution in [0.5, 0.6) is 0 Å². The molecule has 0 unspecified atom stereocenters. The summed E-state index contributed by atoms with van der Waals surface area (Å²) in [7, 11) is 0. The van der Waals surface area contributed by atoms with Crippen molar-refractivity contribution < 1.29 is 9.32 Å². The predicted octanol–water partition coefficient (Wildman–Crippen LogP) is 2.15. The van der Waals surface area contributed by atoms with E-state index in [-0.39, 0.29) is 5.91 Å². The lowest BCUT2D eigenvalue weighted by atomic mass is 10.0. The Morgan fingerprint density at radius 3 is 2.67 bits per heavy atom. The van der Waals surface area contributed by atoms with Crippen molar-refractivity contribution in [2.45, 2.75) is 33.6 Å². The molecule has 0 bridgehead atoms. The van der Waals surface area contributed by atoms with Crippen molar-refractivity contribution in [2.24, 2.45) is 5.92 Å². The molecule has 0 aliphatic rings.